The Labute approximate surface area is 259 Å². The number of methoxy groups -OCH3 is 2. The maximum atomic E-state index is 14.1. The zero-order chi connectivity index (χ0) is 32.1. The van der Waals surface area contributed by atoms with Gasteiger partial charge in [0.05, 0.1) is 43.5 Å². The zero-order valence-electron chi connectivity index (χ0n) is 25.6. The van der Waals surface area contributed by atoms with E-state index in [0.717, 1.165) is 16.0 Å². The van der Waals surface area contributed by atoms with E-state index in [4.69, 9.17) is 9.47 Å². The number of allylic oxidation sites excluding steroid dienone is 2. The molecule has 0 spiro atoms. The van der Waals surface area contributed by atoms with Crippen LogP contribution in [0.25, 0.3) is 0 Å². The van der Waals surface area contributed by atoms with E-state index in [9.17, 15) is 29.5 Å². The van der Waals surface area contributed by atoms with Crippen molar-refractivity contribution in [3.63, 3.8) is 0 Å². The molecule has 1 aliphatic carbocycles. The van der Waals surface area contributed by atoms with E-state index in [2.05, 4.69) is 11.0 Å². The van der Waals surface area contributed by atoms with Crippen LogP contribution in [-0.4, -0.2) is 95.2 Å². The second-order valence-corrected chi connectivity index (χ2v) is 12.3. The number of ether oxygens (including phenoxy) is 2. The molecule has 0 radical (unpaired) electrons. The van der Waals surface area contributed by atoms with Crippen molar-refractivity contribution >= 4 is 23.4 Å². The van der Waals surface area contributed by atoms with Gasteiger partial charge in [-0.25, -0.2) is 0 Å². The second-order valence-electron chi connectivity index (χ2n) is 12.3. The highest BCUT2D eigenvalue weighted by atomic mass is 16.5. The van der Waals surface area contributed by atoms with Crippen LogP contribution in [0.5, 0.6) is 11.5 Å². The summed E-state index contributed by atoms with van der Waals surface area (Å²) in [4.78, 5) is 60.3. The highest BCUT2D eigenvalue weighted by molar-refractivity contribution is 6.25. The zero-order valence-corrected chi connectivity index (χ0v) is 25.6. The number of rotatable bonds is 4. The highest BCUT2D eigenvalue weighted by Gasteiger charge is 2.58. The summed E-state index contributed by atoms with van der Waals surface area (Å²) in [6.45, 7) is 3.16. The molecule has 230 valence electrons. The quantitative estimate of drug-likeness (QED) is 0.407. The fourth-order valence-corrected chi connectivity index (χ4v) is 8.37. The van der Waals surface area contributed by atoms with Crippen LogP contribution in [0.4, 0.5) is 0 Å². The molecule has 7 rings (SSSR count). The van der Waals surface area contributed by atoms with E-state index in [1.165, 1.54) is 14.2 Å². The number of piperazine rings is 1. The van der Waals surface area contributed by atoms with E-state index < -0.39 is 41.8 Å². The summed E-state index contributed by atoms with van der Waals surface area (Å²) in [5, 5.41) is 22.3. The number of hydrogen-bond donors (Lipinski definition) is 1. The Kier molecular flexibility index (Phi) is 6.51. The summed E-state index contributed by atoms with van der Waals surface area (Å²) in [7, 11) is 4.72. The summed E-state index contributed by atoms with van der Waals surface area (Å²) in [6, 6.07) is 7.81. The first kappa shape index (κ1) is 29.0. The van der Waals surface area contributed by atoms with Crippen LogP contribution in [0.15, 0.2) is 52.8 Å². The molecule has 2 amide bonds. The molecule has 0 aromatic heterocycles. The van der Waals surface area contributed by atoms with Crippen molar-refractivity contribution < 1.29 is 33.8 Å². The Balaban J connectivity index is 1.43. The Morgan fingerprint density at radius 2 is 1.64 bits per heavy atom. The Bertz CT molecular complexity index is 1820. The molecular formula is C34H32N4O7. The summed E-state index contributed by atoms with van der Waals surface area (Å²) >= 11 is 0. The number of ketones is 2. The third kappa shape index (κ3) is 3.76. The van der Waals surface area contributed by atoms with E-state index >= 15 is 0 Å². The number of imide groups is 1. The molecule has 4 aliphatic heterocycles. The van der Waals surface area contributed by atoms with E-state index in [-0.39, 0.29) is 64.1 Å². The van der Waals surface area contributed by atoms with E-state index in [1.807, 2.05) is 24.9 Å². The molecule has 4 heterocycles. The second kappa shape index (κ2) is 10.1. The van der Waals surface area contributed by atoms with Gasteiger partial charge in [0, 0.05) is 40.9 Å². The number of nitriles is 1. The van der Waals surface area contributed by atoms with Crippen molar-refractivity contribution in [2.75, 3.05) is 27.8 Å². The van der Waals surface area contributed by atoms with Crippen LogP contribution in [0.1, 0.15) is 56.8 Å². The van der Waals surface area contributed by atoms with Gasteiger partial charge in [-0.2, -0.15) is 5.26 Å². The molecule has 45 heavy (non-hydrogen) atoms. The summed E-state index contributed by atoms with van der Waals surface area (Å²) in [5.74, 6) is -1.59. The number of aryl methyl sites for hydroxylation is 1. The van der Waals surface area contributed by atoms with Crippen molar-refractivity contribution in [1.29, 1.82) is 5.26 Å². The number of phenols is 1. The van der Waals surface area contributed by atoms with Crippen LogP contribution in [0.2, 0.25) is 0 Å². The predicted octanol–water partition coefficient (Wildman–Crippen LogP) is 2.62. The molecule has 1 saturated heterocycles. The van der Waals surface area contributed by atoms with Crippen LogP contribution in [0.3, 0.4) is 0 Å². The molecule has 0 saturated carbocycles. The maximum absolute atomic E-state index is 14.1. The molecule has 5 aliphatic rings. The number of phenolic OH excluding ortho intramolecular Hbond substituents is 1. The Hall–Kier alpha value is -4.79. The van der Waals surface area contributed by atoms with Gasteiger partial charge < -0.3 is 14.6 Å². The Morgan fingerprint density at radius 3 is 2.24 bits per heavy atom. The number of aromatic hydroxyl groups is 1. The number of Topliss-reactive ketones (excluding diaryl/α,β-unsaturated/α-hetero) is 2. The fraction of sp³-hybridized carbons (Fsp3) is 0.382. The van der Waals surface area contributed by atoms with Crippen molar-refractivity contribution in [3.8, 4) is 17.6 Å². The third-order valence-corrected chi connectivity index (χ3v) is 10.3. The topological polar surface area (TPSA) is 140 Å². The summed E-state index contributed by atoms with van der Waals surface area (Å²) < 4.78 is 11.0. The average Bonchev–Trinajstić information content (AvgIpc) is 3.25. The fourth-order valence-electron chi connectivity index (χ4n) is 8.37. The largest absolute Gasteiger partial charge is 0.504 e. The van der Waals surface area contributed by atoms with E-state index in [1.54, 1.807) is 31.2 Å². The van der Waals surface area contributed by atoms with Crippen LogP contribution in [0, 0.1) is 18.3 Å². The molecule has 5 atom stereocenters. The first-order valence-electron chi connectivity index (χ1n) is 14.9. The molecule has 2 aromatic rings. The monoisotopic (exact) mass is 608 g/mol. The van der Waals surface area contributed by atoms with E-state index in [0.29, 0.717) is 17.7 Å². The van der Waals surface area contributed by atoms with Gasteiger partial charge in [-0.1, -0.05) is 18.2 Å². The normalized spacial score (nSPS) is 27.6. The first-order chi connectivity index (χ1) is 21.5. The molecule has 11 nitrogen and oxygen atoms in total. The lowest BCUT2D eigenvalue weighted by molar-refractivity contribution is -0.123. The minimum Gasteiger partial charge on any atom is -0.504 e. The molecule has 4 unspecified atom stereocenters. The number of fused-ring (bicyclic) bond motifs is 7. The van der Waals surface area contributed by atoms with Gasteiger partial charge in [0.15, 0.2) is 23.0 Å². The lowest BCUT2D eigenvalue weighted by Crippen LogP contribution is -2.71. The standard InChI is InChI=1S/C34H32N4O7/c1-15-10-17-11-21-23(13-35)38-22(27(36(21)3)25(17)29(40)31(15)44-4)12-20-26(30(41)32(45-5)16(2)28(20)39)24(38)14-37-33(42)18-8-6-7-9-19(18)34(37)43/h6-10,21-24,27,40H,11-12,14H2,1-5H3/t21?,22?,23?,24-,27?/m0/s1. The number of nitrogens with zero attached hydrogens (tertiary/aromatic N) is 4. The highest BCUT2D eigenvalue weighted by Crippen LogP contribution is 2.54. The lowest BCUT2D eigenvalue weighted by Gasteiger charge is -2.60. The number of likely N-dealkylation sites (N-methyl/N-ethyl adjacent to an activating group) is 1. The Morgan fingerprint density at radius 1 is 0.978 bits per heavy atom. The lowest BCUT2D eigenvalue weighted by atomic mass is 9.69. The van der Waals surface area contributed by atoms with Gasteiger partial charge >= 0.3 is 0 Å². The minimum atomic E-state index is -0.977. The molecule has 1 N–H and O–H groups in total. The van der Waals surface area contributed by atoms with Crippen molar-refractivity contribution in [3.05, 3.63) is 80.6 Å². The third-order valence-electron chi connectivity index (χ3n) is 10.3. The van der Waals surface area contributed by atoms with Gasteiger partial charge in [0.1, 0.15) is 6.04 Å². The molecule has 11 heteroatoms. The van der Waals surface area contributed by atoms with Crippen molar-refractivity contribution in [2.24, 2.45) is 0 Å². The van der Waals surface area contributed by atoms with Crippen molar-refractivity contribution in [1.82, 2.24) is 14.7 Å². The van der Waals surface area contributed by atoms with Gasteiger partial charge in [0.25, 0.3) is 11.8 Å². The SMILES string of the molecule is COC1=C(C)C(=O)C2=C(C1=O)[C@H](CN1C(=O)c3ccccc3C1=O)N1C(C#N)C3Cc4cc(C)c(OC)c(O)c4C(C1C2)N3C. The van der Waals surface area contributed by atoms with Crippen LogP contribution < -0.4 is 4.74 Å². The summed E-state index contributed by atoms with van der Waals surface area (Å²) in [6.07, 6.45) is 0.546. The van der Waals surface area contributed by atoms with Gasteiger partial charge in [0.2, 0.25) is 5.78 Å². The number of benzene rings is 2. The number of carbonyl (C=O) groups excluding carboxylic acids is 4. The maximum Gasteiger partial charge on any atom is 0.261 e. The number of amides is 2. The first-order valence-corrected chi connectivity index (χ1v) is 14.9. The minimum absolute atomic E-state index is 0.00127. The molecule has 2 aromatic carbocycles. The number of hydrogen-bond acceptors (Lipinski definition) is 10. The molecule has 2 bridgehead atoms. The summed E-state index contributed by atoms with van der Waals surface area (Å²) in [5.41, 5.74) is 3.41. The van der Waals surface area contributed by atoms with Crippen LogP contribution >= 0.6 is 0 Å². The molecule has 1 fully saturated rings. The van der Waals surface area contributed by atoms with Gasteiger partial charge in [-0.3, -0.25) is 33.9 Å². The van der Waals surface area contributed by atoms with Gasteiger partial charge in [-0.15, -0.1) is 0 Å². The predicted molar refractivity (Wildman–Crippen MR) is 159 cm³/mol. The van der Waals surface area contributed by atoms with Crippen molar-refractivity contribution in [2.45, 2.75) is 56.9 Å². The van der Waals surface area contributed by atoms with Gasteiger partial charge in [-0.05, 0) is 57.0 Å². The molecular weight excluding hydrogens is 576 g/mol. The smallest absolute Gasteiger partial charge is 0.261 e. The van der Waals surface area contributed by atoms with Crippen LogP contribution in [-0.2, 0) is 20.7 Å². The number of carbonyl (C=O) groups is 4. The average molecular weight is 609 g/mol.